The number of aromatic nitrogens is 4. The smallest absolute Gasteiger partial charge is 0.307 e. The highest BCUT2D eigenvalue weighted by Gasteiger charge is 2.32. The number of fused-ring (bicyclic) bond motifs is 1. The van der Waals surface area contributed by atoms with Crippen molar-refractivity contribution in [2.24, 2.45) is 5.92 Å². The number of hydrogen-bond donors (Lipinski definition) is 2. The minimum Gasteiger partial charge on any atom is -0.481 e. The van der Waals surface area contributed by atoms with Crippen LogP contribution in [0.2, 0.25) is 0 Å². The van der Waals surface area contributed by atoms with E-state index >= 15 is 0 Å². The SMILES string of the molecule is O=C(O)[C@H]1CC=CC[C@H]1c1nc2ncncc2[nH]1. The fraction of sp³-hybridized carbons (Fsp3) is 0.333. The van der Waals surface area contributed by atoms with Gasteiger partial charge < -0.3 is 10.1 Å². The number of rotatable bonds is 2. The average molecular weight is 244 g/mol. The summed E-state index contributed by atoms with van der Waals surface area (Å²) in [6.45, 7) is 0. The first kappa shape index (κ1) is 10.9. The fourth-order valence-electron chi connectivity index (χ4n) is 2.35. The molecular weight excluding hydrogens is 232 g/mol. The molecule has 3 rings (SSSR count). The molecule has 2 aromatic heterocycles. The largest absolute Gasteiger partial charge is 0.481 e. The van der Waals surface area contributed by atoms with E-state index < -0.39 is 11.9 Å². The number of imidazole rings is 1. The van der Waals surface area contributed by atoms with Crippen molar-refractivity contribution < 1.29 is 9.90 Å². The van der Waals surface area contributed by atoms with E-state index in [-0.39, 0.29) is 5.92 Å². The number of hydrogen-bond acceptors (Lipinski definition) is 4. The zero-order valence-electron chi connectivity index (χ0n) is 9.58. The first-order valence-electron chi connectivity index (χ1n) is 5.79. The van der Waals surface area contributed by atoms with Crippen molar-refractivity contribution in [2.75, 3.05) is 0 Å². The Morgan fingerprint density at radius 2 is 2.22 bits per heavy atom. The molecule has 0 aliphatic heterocycles. The first-order valence-corrected chi connectivity index (χ1v) is 5.79. The molecule has 1 aliphatic rings. The Hall–Kier alpha value is -2.24. The van der Waals surface area contributed by atoms with Gasteiger partial charge in [0.25, 0.3) is 0 Å². The lowest BCUT2D eigenvalue weighted by Crippen LogP contribution is -2.24. The molecule has 0 bridgehead atoms. The molecule has 0 amide bonds. The van der Waals surface area contributed by atoms with E-state index in [0.29, 0.717) is 24.3 Å². The van der Waals surface area contributed by atoms with Crippen LogP contribution >= 0.6 is 0 Å². The molecule has 2 aromatic rings. The van der Waals surface area contributed by atoms with E-state index in [2.05, 4.69) is 19.9 Å². The topological polar surface area (TPSA) is 91.8 Å². The van der Waals surface area contributed by atoms with Crippen LogP contribution in [0.1, 0.15) is 24.6 Å². The van der Waals surface area contributed by atoms with Crippen LogP contribution in [0.3, 0.4) is 0 Å². The summed E-state index contributed by atoms with van der Waals surface area (Å²) in [6, 6.07) is 0. The summed E-state index contributed by atoms with van der Waals surface area (Å²) < 4.78 is 0. The molecule has 2 heterocycles. The molecule has 0 unspecified atom stereocenters. The summed E-state index contributed by atoms with van der Waals surface area (Å²) in [5.41, 5.74) is 1.32. The van der Waals surface area contributed by atoms with Crippen molar-refractivity contribution in [3.63, 3.8) is 0 Å². The van der Waals surface area contributed by atoms with Crippen molar-refractivity contribution in [1.82, 2.24) is 19.9 Å². The maximum atomic E-state index is 11.2. The molecule has 0 radical (unpaired) electrons. The number of allylic oxidation sites excluding steroid dienone is 2. The average Bonchev–Trinajstić information content (AvgIpc) is 2.82. The minimum absolute atomic E-state index is 0.123. The molecule has 0 spiro atoms. The van der Waals surface area contributed by atoms with Gasteiger partial charge in [0.2, 0.25) is 0 Å². The van der Waals surface area contributed by atoms with E-state index in [1.165, 1.54) is 6.33 Å². The third-order valence-corrected chi connectivity index (χ3v) is 3.28. The van der Waals surface area contributed by atoms with Gasteiger partial charge in [-0.2, -0.15) is 0 Å². The number of H-pyrrole nitrogens is 1. The second-order valence-electron chi connectivity index (χ2n) is 4.38. The van der Waals surface area contributed by atoms with Crippen LogP contribution in [0.25, 0.3) is 11.2 Å². The second-order valence-corrected chi connectivity index (χ2v) is 4.38. The third-order valence-electron chi connectivity index (χ3n) is 3.28. The Labute approximate surface area is 103 Å². The van der Waals surface area contributed by atoms with Gasteiger partial charge in [-0.1, -0.05) is 12.2 Å². The molecule has 2 atom stereocenters. The van der Waals surface area contributed by atoms with E-state index in [1.54, 1.807) is 6.20 Å². The number of carboxylic acid groups (broad SMARTS) is 1. The summed E-state index contributed by atoms with van der Waals surface area (Å²) in [5.74, 6) is -0.650. The summed E-state index contributed by atoms with van der Waals surface area (Å²) in [4.78, 5) is 26.7. The van der Waals surface area contributed by atoms with Gasteiger partial charge in [-0.3, -0.25) is 4.79 Å². The normalized spacial score (nSPS) is 23.3. The molecule has 6 heteroatoms. The highest BCUT2D eigenvalue weighted by molar-refractivity contribution is 5.73. The van der Waals surface area contributed by atoms with Crippen molar-refractivity contribution in [3.05, 3.63) is 30.5 Å². The van der Waals surface area contributed by atoms with Gasteiger partial charge in [-0.05, 0) is 12.8 Å². The molecule has 0 fully saturated rings. The van der Waals surface area contributed by atoms with Gasteiger partial charge in [0.05, 0.1) is 12.1 Å². The third kappa shape index (κ3) is 1.75. The van der Waals surface area contributed by atoms with E-state index in [9.17, 15) is 9.90 Å². The summed E-state index contributed by atoms with van der Waals surface area (Å²) in [7, 11) is 0. The van der Waals surface area contributed by atoms with Gasteiger partial charge in [-0.15, -0.1) is 0 Å². The molecule has 6 nitrogen and oxygen atoms in total. The van der Waals surface area contributed by atoms with Crippen molar-refractivity contribution in [2.45, 2.75) is 18.8 Å². The molecular formula is C12H12N4O2. The Morgan fingerprint density at radius 3 is 3.00 bits per heavy atom. The first-order chi connectivity index (χ1) is 8.75. The molecule has 18 heavy (non-hydrogen) atoms. The fourth-order valence-corrected chi connectivity index (χ4v) is 2.35. The van der Waals surface area contributed by atoms with Crippen LogP contribution in [0.4, 0.5) is 0 Å². The van der Waals surface area contributed by atoms with Gasteiger partial charge in [0.15, 0.2) is 5.65 Å². The molecule has 1 aliphatic carbocycles. The van der Waals surface area contributed by atoms with Crippen LogP contribution in [0.15, 0.2) is 24.7 Å². The number of nitrogens with zero attached hydrogens (tertiary/aromatic N) is 3. The number of nitrogens with one attached hydrogen (secondary N) is 1. The predicted octanol–water partition coefficient (Wildman–Crippen LogP) is 1.49. The zero-order valence-corrected chi connectivity index (χ0v) is 9.58. The Morgan fingerprint density at radius 1 is 1.39 bits per heavy atom. The van der Waals surface area contributed by atoms with E-state index in [4.69, 9.17) is 0 Å². The highest BCUT2D eigenvalue weighted by Crippen LogP contribution is 2.33. The quantitative estimate of drug-likeness (QED) is 0.781. The number of aliphatic carboxylic acids is 1. The van der Waals surface area contributed by atoms with Crippen molar-refractivity contribution >= 4 is 17.1 Å². The lowest BCUT2D eigenvalue weighted by atomic mass is 9.82. The summed E-state index contributed by atoms with van der Waals surface area (Å²) in [5, 5.41) is 9.24. The van der Waals surface area contributed by atoms with E-state index in [0.717, 1.165) is 5.52 Å². The second kappa shape index (κ2) is 4.21. The van der Waals surface area contributed by atoms with Crippen molar-refractivity contribution in [1.29, 1.82) is 0 Å². The van der Waals surface area contributed by atoms with Crippen LogP contribution < -0.4 is 0 Å². The van der Waals surface area contributed by atoms with Crippen LogP contribution in [-0.4, -0.2) is 31.0 Å². The van der Waals surface area contributed by atoms with Crippen LogP contribution in [-0.2, 0) is 4.79 Å². The highest BCUT2D eigenvalue weighted by atomic mass is 16.4. The molecule has 0 saturated carbocycles. The van der Waals surface area contributed by atoms with Gasteiger partial charge in [0, 0.05) is 5.92 Å². The number of carbonyl (C=O) groups is 1. The van der Waals surface area contributed by atoms with Gasteiger partial charge in [-0.25, -0.2) is 15.0 Å². The zero-order chi connectivity index (χ0) is 12.5. The van der Waals surface area contributed by atoms with Gasteiger partial charge >= 0.3 is 5.97 Å². The van der Waals surface area contributed by atoms with Crippen molar-refractivity contribution in [3.8, 4) is 0 Å². The Balaban J connectivity index is 2.02. The summed E-state index contributed by atoms with van der Waals surface area (Å²) in [6.07, 6.45) is 8.23. The Bertz CT molecular complexity index is 586. The molecule has 0 aromatic carbocycles. The minimum atomic E-state index is -0.782. The lowest BCUT2D eigenvalue weighted by molar-refractivity contribution is -0.142. The predicted molar refractivity (Wildman–Crippen MR) is 63.9 cm³/mol. The standard InChI is InChI=1S/C12H12N4O2/c17-12(18)8-4-2-1-3-7(8)10-15-9-5-13-6-14-11(9)16-10/h1-2,5-8H,3-4H2,(H,17,18)(H,13,14,15,16)/t7-,8+/m1/s1. The molecule has 2 N–H and O–H groups in total. The van der Waals surface area contributed by atoms with Crippen LogP contribution in [0, 0.1) is 5.92 Å². The van der Waals surface area contributed by atoms with E-state index in [1.807, 2.05) is 12.2 Å². The molecule has 92 valence electrons. The number of aromatic amines is 1. The Kier molecular flexibility index (Phi) is 2.55. The summed E-state index contributed by atoms with van der Waals surface area (Å²) >= 11 is 0. The number of carboxylic acids is 1. The maximum absolute atomic E-state index is 11.2. The lowest BCUT2D eigenvalue weighted by Gasteiger charge is -2.23. The monoisotopic (exact) mass is 244 g/mol. The van der Waals surface area contributed by atoms with Gasteiger partial charge in [0.1, 0.15) is 17.7 Å². The van der Waals surface area contributed by atoms with Crippen LogP contribution in [0.5, 0.6) is 0 Å². The molecule has 0 saturated heterocycles. The maximum Gasteiger partial charge on any atom is 0.307 e.